The van der Waals surface area contributed by atoms with Crippen LogP contribution in [0.4, 0.5) is 10.1 Å². The Morgan fingerprint density at radius 3 is 2.42 bits per heavy atom. The van der Waals surface area contributed by atoms with E-state index in [2.05, 4.69) is 55.5 Å². The van der Waals surface area contributed by atoms with Gasteiger partial charge in [0.2, 0.25) is 0 Å². The smallest absolute Gasteiger partial charge is 0.264 e. The zero-order valence-electron chi connectivity index (χ0n) is 15.9. The van der Waals surface area contributed by atoms with Crippen molar-refractivity contribution in [1.29, 1.82) is 0 Å². The van der Waals surface area contributed by atoms with Gasteiger partial charge < -0.3 is 10.1 Å². The maximum Gasteiger partial charge on any atom is 0.264 e. The van der Waals surface area contributed by atoms with Gasteiger partial charge in [0.25, 0.3) is 5.91 Å². The number of hydrogen-bond acceptors (Lipinski definition) is 4. The van der Waals surface area contributed by atoms with Gasteiger partial charge in [0.1, 0.15) is 23.9 Å². The van der Waals surface area contributed by atoms with Crippen molar-refractivity contribution >= 4 is 79.8 Å². The van der Waals surface area contributed by atoms with Gasteiger partial charge in [0, 0.05) is 0 Å². The molecule has 4 rings (SSSR count). The Kier molecular flexibility index (Phi) is 7.28. The minimum absolute atomic E-state index is 0.190. The van der Waals surface area contributed by atoms with Gasteiger partial charge in [-0.1, -0.05) is 42.5 Å². The van der Waals surface area contributed by atoms with Crippen molar-refractivity contribution < 1.29 is 13.9 Å². The van der Waals surface area contributed by atoms with Gasteiger partial charge in [0.05, 0.1) is 12.0 Å². The minimum atomic E-state index is -0.433. The summed E-state index contributed by atoms with van der Waals surface area (Å²) in [4.78, 5) is 17.1. The van der Waals surface area contributed by atoms with Gasteiger partial charge in [-0.3, -0.25) is 4.79 Å². The molecule has 0 aromatic heterocycles. The lowest BCUT2D eigenvalue weighted by Gasteiger charge is -2.11. The fourth-order valence-electron chi connectivity index (χ4n) is 2.81. The molecular weight excluding hydrogens is 641 g/mol. The molecule has 0 spiro atoms. The fourth-order valence-corrected chi connectivity index (χ4v) is 5.78. The number of ether oxygens (including phenoxy) is 1. The third kappa shape index (κ3) is 5.66. The van der Waals surface area contributed by atoms with Gasteiger partial charge in [-0.15, -0.1) is 0 Å². The molecule has 3 aromatic carbocycles. The third-order valence-electron chi connectivity index (χ3n) is 4.27. The molecule has 0 aliphatic carbocycles. The average Bonchev–Trinajstić information content (AvgIpc) is 3.08. The Labute approximate surface area is 210 Å². The number of carbonyl (C=O) groups is 1. The summed E-state index contributed by atoms with van der Waals surface area (Å²) in [7, 11) is 0. The van der Waals surface area contributed by atoms with E-state index in [0.717, 1.165) is 24.0 Å². The largest absolute Gasteiger partial charge is 0.487 e. The topological polar surface area (TPSA) is 50.7 Å². The number of halogens is 3. The lowest BCUT2D eigenvalue weighted by Crippen LogP contribution is -2.19. The molecule has 0 unspecified atom stereocenters. The Balaban J connectivity index is 1.52. The fraction of sp³-hybridized carbons (Fsp3) is 0.0435. The summed E-state index contributed by atoms with van der Waals surface area (Å²) >= 11 is 5.66. The highest BCUT2D eigenvalue weighted by Crippen LogP contribution is 2.33. The number of aliphatic imine (C=N–C) groups is 1. The van der Waals surface area contributed by atoms with E-state index in [4.69, 9.17) is 4.74 Å². The maximum absolute atomic E-state index is 13.8. The minimum Gasteiger partial charge on any atom is -0.487 e. The number of hydrogen-bond donors (Lipinski definition) is 1. The van der Waals surface area contributed by atoms with Gasteiger partial charge in [-0.2, -0.15) is 0 Å². The number of para-hydroxylation sites is 1. The number of amidine groups is 1. The number of benzene rings is 3. The lowest BCUT2D eigenvalue weighted by molar-refractivity contribution is -0.115. The highest BCUT2D eigenvalue weighted by atomic mass is 127. The predicted octanol–water partition coefficient (Wildman–Crippen LogP) is 6.51. The molecule has 0 radical (unpaired) electrons. The zero-order valence-corrected chi connectivity index (χ0v) is 21.1. The normalized spacial score (nSPS) is 16.0. The van der Waals surface area contributed by atoms with E-state index in [-0.39, 0.29) is 11.6 Å². The number of carbonyl (C=O) groups excluding carboxylic acids is 1. The summed E-state index contributed by atoms with van der Waals surface area (Å²) in [6.07, 6.45) is 1.80. The van der Waals surface area contributed by atoms with Crippen LogP contribution < -0.4 is 10.1 Å². The van der Waals surface area contributed by atoms with E-state index >= 15 is 0 Å². The van der Waals surface area contributed by atoms with Crippen molar-refractivity contribution in [3.63, 3.8) is 0 Å². The first kappa shape index (κ1) is 22.3. The number of rotatable bonds is 5. The SMILES string of the molecule is O=C1NC(=Nc2ccccc2F)S/C1=C\c1cc(I)c(OCc2ccccc2)c(I)c1. The van der Waals surface area contributed by atoms with Crippen LogP contribution in [-0.4, -0.2) is 11.1 Å². The van der Waals surface area contributed by atoms with Crippen LogP contribution in [0.2, 0.25) is 0 Å². The molecule has 4 nitrogen and oxygen atoms in total. The first-order valence-corrected chi connectivity index (χ1v) is 12.2. The highest BCUT2D eigenvalue weighted by Gasteiger charge is 2.24. The van der Waals surface area contributed by atoms with Crippen LogP contribution in [0.15, 0.2) is 76.6 Å². The van der Waals surface area contributed by atoms with Crippen LogP contribution in [0.5, 0.6) is 5.75 Å². The second-order valence-corrected chi connectivity index (χ2v) is 9.88. The molecule has 3 aromatic rings. The zero-order chi connectivity index (χ0) is 21.8. The maximum atomic E-state index is 13.8. The number of amides is 1. The summed E-state index contributed by atoms with van der Waals surface area (Å²) in [5.74, 6) is 0.129. The van der Waals surface area contributed by atoms with Crippen LogP contribution in [-0.2, 0) is 11.4 Å². The van der Waals surface area contributed by atoms with E-state index < -0.39 is 5.82 Å². The molecular formula is C23H15FI2N2O2S. The summed E-state index contributed by atoms with van der Waals surface area (Å²) in [5, 5.41) is 3.04. The monoisotopic (exact) mass is 656 g/mol. The Morgan fingerprint density at radius 2 is 1.71 bits per heavy atom. The van der Waals surface area contributed by atoms with Crippen molar-refractivity contribution in [3.05, 3.63) is 95.7 Å². The molecule has 1 N–H and O–H groups in total. The summed E-state index contributed by atoms with van der Waals surface area (Å²) in [6.45, 7) is 0.488. The van der Waals surface area contributed by atoms with Crippen LogP contribution >= 0.6 is 56.9 Å². The number of thioether (sulfide) groups is 1. The molecule has 156 valence electrons. The van der Waals surface area contributed by atoms with Gasteiger partial charge in [-0.25, -0.2) is 9.38 Å². The van der Waals surface area contributed by atoms with E-state index in [1.165, 1.54) is 17.8 Å². The van der Waals surface area contributed by atoms with Crippen LogP contribution in [0.25, 0.3) is 6.08 Å². The highest BCUT2D eigenvalue weighted by molar-refractivity contribution is 14.1. The standard InChI is InChI=1S/C23H15FI2N2O2S/c24-16-8-4-5-9-19(16)27-23-28-22(29)20(31-23)12-15-10-17(25)21(18(26)11-15)30-13-14-6-2-1-3-7-14/h1-12H,13H2,(H,27,28,29)/b20-12-. The van der Waals surface area contributed by atoms with Gasteiger partial charge >= 0.3 is 0 Å². The van der Waals surface area contributed by atoms with E-state index in [1.54, 1.807) is 24.3 Å². The molecule has 1 amide bonds. The molecule has 1 saturated heterocycles. The van der Waals surface area contributed by atoms with Gasteiger partial charge in [0.15, 0.2) is 5.17 Å². The van der Waals surface area contributed by atoms with Crippen molar-refractivity contribution in [2.75, 3.05) is 0 Å². The quantitative estimate of drug-likeness (QED) is 0.252. The van der Waals surface area contributed by atoms with Crippen molar-refractivity contribution in [2.45, 2.75) is 6.61 Å². The number of nitrogens with one attached hydrogen (secondary N) is 1. The van der Waals surface area contributed by atoms with Gasteiger partial charge in [-0.05, 0) is 98.4 Å². The molecule has 1 heterocycles. The molecule has 1 aliphatic rings. The molecule has 1 fully saturated rings. The Morgan fingerprint density at radius 1 is 1.03 bits per heavy atom. The predicted molar refractivity (Wildman–Crippen MR) is 140 cm³/mol. The van der Waals surface area contributed by atoms with E-state index in [9.17, 15) is 9.18 Å². The Bertz CT molecular complexity index is 1180. The van der Waals surface area contributed by atoms with Crippen LogP contribution in [0.1, 0.15) is 11.1 Å². The van der Waals surface area contributed by atoms with Crippen molar-refractivity contribution in [2.24, 2.45) is 4.99 Å². The molecule has 0 atom stereocenters. The Hall–Kier alpha value is -1.92. The number of nitrogens with zero attached hydrogens (tertiary/aromatic N) is 1. The first-order chi connectivity index (χ1) is 15.0. The second kappa shape index (κ2) is 10.1. The van der Waals surface area contributed by atoms with Crippen molar-refractivity contribution in [3.8, 4) is 5.75 Å². The van der Waals surface area contributed by atoms with Crippen LogP contribution in [0, 0.1) is 13.0 Å². The third-order valence-corrected chi connectivity index (χ3v) is 6.78. The van der Waals surface area contributed by atoms with E-state index in [0.29, 0.717) is 16.7 Å². The summed E-state index contributed by atoms with van der Waals surface area (Å²) in [6, 6.07) is 20.1. The second-order valence-electron chi connectivity index (χ2n) is 6.52. The molecule has 0 saturated carbocycles. The van der Waals surface area contributed by atoms with E-state index in [1.807, 2.05) is 42.5 Å². The average molecular weight is 656 g/mol. The summed E-state index contributed by atoms with van der Waals surface area (Å²) in [5.41, 5.74) is 2.17. The van der Waals surface area contributed by atoms with Crippen molar-refractivity contribution in [1.82, 2.24) is 5.32 Å². The first-order valence-electron chi connectivity index (χ1n) is 9.19. The van der Waals surface area contributed by atoms with Crippen LogP contribution in [0.3, 0.4) is 0 Å². The molecule has 0 bridgehead atoms. The molecule has 8 heteroatoms. The summed E-state index contributed by atoms with van der Waals surface area (Å²) < 4.78 is 21.8. The lowest BCUT2D eigenvalue weighted by atomic mass is 10.2. The molecule has 31 heavy (non-hydrogen) atoms. The molecule has 1 aliphatic heterocycles.